The molecule has 3 heterocycles. The first kappa shape index (κ1) is 16.6. The molecule has 0 bridgehead atoms. The van der Waals surface area contributed by atoms with Gasteiger partial charge >= 0.3 is 11.7 Å². The van der Waals surface area contributed by atoms with Gasteiger partial charge in [0.2, 0.25) is 0 Å². The summed E-state index contributed by atoms with van der Waals surface area (Å²) in [5.74, 6) is -1.56. The zero-order chi connectivity index (χ0) is 23.1. The first-order chi connectivity index (χ1) is 14.4. The second kappa shape index (κ2) is 7.95. The molecule has 0 radical (unpaired) electrons. The van der Waals surface area contributed by atoms with Crippen molar-refractivity contribution in [1.29, 1.82) is 0 Å². The van der Waals surface area contributed by atoms with Crippen LogP contribution in [0.15, 0.2) is 27.9 Å². The van der Waals surface area contributed by atoms with E-state index in [1.165, 1.54) is 12.2 Å². The molecule has 7 atom stereocenters. The van der Waals surface area contributed by atoms with Crippen LogP contribution in [0.25, 0.3) is 0 Å². The van der Waals surface area contributed by atoms with Crippen LogP contribution in [0.1, 0.15) is 15.9 Å². The third kappa shape index (κ3) is 3.92. The maximum absolute atomic E-state index is 12.0. The molecule has 12 heteroatoms. The van der Waals surface area contributed by atoms with Crippen molar-refractivity contribution < 1.29 is 43.5 Å². The molecular weight excluding hydrogens is 380 g/mol. The molecule has 5 N–H and O–H groups in total. The molecule has 12 nitrogen and oxygen atoms in total. The van der Waals surface area contributed by atoms with Gasteiger partial charge in [0.25, 0.3) is 5.56 Å². The summed E-state index contributed by atoms with van der Waals surface area (Å²) < 4.78 is 38.8. The van der Waals surface area contributed by atoms with E-state index in [1.807, 2.05) is 4.98 Å². The van der Waals surface area contributed by atoms with Gasteiger partial charge in [0.15, 0.2) is 18.6 Å². The molecule has 0 amide bonds. The second-order valence-corrected chi connectivity index (χ2v) is 6.23. The Morgan fingerprint density at radius 2 is 2.00 bits per heavy atom. The highest BCUT2D eigenvalue weighted by Gasteiger charge is 2.47. The molecule has 28 heavy (non-hydrogen) atoms. The van der Waals surface area contributed by atoms with Crippen molar-refractivity contribution in [2.45, 2.75) is 49.9 Å². The van der Waals surface area contributed by atoms with E-state index in [0.29, 0.717) is 0 Å². The largest absolute Gasteiger partial charge is 0.479 e. The van der Waals surface area contributed by atoms with E-state index in [0.717, 1.165) is 10.8 Å². The molecule has 3 rings (SSSR count). The molecule has 154 valence electrons. The van der Waals surface area contributed by atoms with Crippen LogP contribution in [0, 0.1) is 6.85 Å². The van der Waals surface area contributed by atoms with Crippen LogP contribution < -0.4 is 11.2 Å². The number of aryl methyl sites for hydroxylation is 1. The third-order valence-corrected chi connectivity index (χ3v) is 4.28. The summed E-state index contributed by atoms with van der Waals surface area (Å²) in [6.07, 6.45) is -7.03. The number of carboxylic acid groups (broad SMARTS) is 1. The minimum atomic E-state index is -2.76. The summed E-state index contributed by atoms with van der Waals surface area (Å²) in [7, 11) is 0. The fraction of sp³-hybridized carbons (Fsp3) is 0.562. The number of rotatable bonds is 5. The molecule has 2 aliphatic rings. The SMILES string of the molecule is [2H]C([2H])([2H])c1cn([C@H]2C=C[C@@H](CO[C@@H]3OC(C(=O)O)[C@@H](O)[C@H](O)C3O)O2)c(=O)[nH]c1=O. The van der Waals surface area contributed by atoms with Crippen molar-refractivity contribution in [2.75, 3.05) is 6.61 Å². The first-order valence-electron chi connectivity index (χ1n) is 9.64. The van der Waals surface area contributed by atoms with Gasteiger partial charge in [0, 0.05) is 15.9 Å². The van der Waals surface area contributed by atoms with Crippen molar-refractivity contribution in [1.82, 2.24) is 9.55 Å². The van der Waals surface area contributed by atoms with Gasteiger partial charge in [-0.2, -0.15) is 0 Å². The average Bonchev–Trinajstić information content (AvgIpc) is 3.13. The van der Waals surface area contributed by atoms with Gasteiger partial charge in [-0.1, -0.05) is 6.08 Å². The number of aromatic amines is 1. The Bertz CT molecular complexity index is 974. The van der Waals surface area contributed by atoms with E-state index in [-0.39, 0.29) is 6.61 Å². The van der Waals surface area contributed by atoms with E-state index < -0.39 is 72.7 Å². The van der Waals surface area contributed by atoms with E-state index in [4.69, 9.17) is 23.4 Å². The van der Waals surface area contributed by atoms with E-state index in [1.54, 1.807) is 0 Å². The van der Waals surface area contributed by atoms with Crippen molar-refractivity contribution in [3.8, 4) is 0 Å². The highest BCUT2D eigenvalue weighted by molar-refractivity contribution is 5.73. The van der Waals surface area contributed by atoms with Crippen molar-refractivity contribution in [3.63, 3.8) is 0 Å². The Morgan fingerprint density at radius 3 is 2.68 bits per heavy atom. The number of carbonyl (C=O) groups is 1. The normalized spacial score (nSPS) is 37.2. The number of hydrogen-bond donors (Lipinski definition) is 5. The first-order valence-corrected chi connectivity index (χ1v) is 8.14. The summed E-state index contributed by atoms with van der Waals surface area (Å²) in [4.78, 5) is 36.8. The lowest BCUT2D eigenvalue weighted by atomic mass is 9.99. The van der Waals surface area contributed by atoms with Crippen molar-refractivity contribution in [2.24, 2.45) is 0 Å². The van der Waals surface area contributed by atoms with Gasteiger partial charge < -0.3 is 34.6 Å². The Morgan fingerprint density at radius 1 is 1.25 bits per heavy atom. The predicted molar refractivity (Wildman–Crippen MR) is 89.4 cm³/mol. The number of aliphatic carboxylic acids is 1. The Labute approximate surface area is 161 Å². The van der Waals surface area contributed by atoms with Crippen LogP contribution in [-0.2, 0) is 19.0 Å². The number of aromatic nitrogens is 2. The number of hydrogen-bond acceptors (Lipinski definition) is 9. The molecule has 0 aromatic carbocycles. The molecular formula is C16H20N2O10. The van der Waals surface area contributed by atoms with Crippen LogP contribution >= 0.6 is 0 Å². The van der Waals surface area contributed by atoms with E-state index in [9.17, 15) is 29.7 Å². The summed E-state index contributed by atoms with van der Waals surface area (Å²) in [6.45, 7) is -3.07. The molecule has 2 aliphatic heterocycles. The Kier molecular flexibility index (Phi) is 4.71. The highest BCUT2D eigenvalue weighted by Crippen LogP contribution is 2.24. The quantitative estimate of drug-likeness (QED) is 0.322. The molecule has 1 saturated heterocycles. The maximum atomic E-state index is 12.0. The van der Waals surface area contributed by atoms with Gasteiger partial charge in [-0.05, 0) is 12.9 Å². The van der Waals surface area contributed by atoms with Crippen LogP contribution in [0.2, 0.25) is 0 Å². The summed E-state index contributed by atoms with van der Waals surface area (Å²) in [6, 6.07) is 0. The molecule has 0 spiro atoms. The maximum Gasteiger partial charge on any atom is 0.335 e. The molecule has 0 saturated carbocycles. The van der Waals surface area contributed by atoms with Gasteiger partial charge in [0.05, 0.1) is 6.61 Å². The topological polar surface area (TPSA) is 181 Å². The number of nitrogens with zero attached hydrogens (tertiary/aromatic N) is 1. The standard InChI is InChI=1S/C16H20N2O10/c1-6-4-18(16(25)17-13(6)22)8-3-2-7(27-8)5-26-15-11(21)9(19)10(20)12(28-15)14(23)24/h2-4,7-12,15,19-21H,5H2,1H3,(H,23,24)(H,17,22,25)/t7-,8+,9-,10-,11?,12?,15+/m0/s1/i1D3. The summed E-state index contributed by atoms with van der Waals surface area (Å²) in [5, 5.41) is 38.4. The summed E-state index contributed by atoms with van der Waals surface area (Å²) in [5.41, 5.74) is -2.54. The Balaban J connectivity index is 1.66. The van der Waals surface area contributed by atoms with Crippen LogP contribution in [-0.4, -0.2) is 79.4 Å². The lowest BCUT2D eigenvalue weighted by Crippen LogP contribution is -2.60. The van der Waals surface area contributed by atoms with Crippen LogP contribution in [0.4, 0.5) is 0 Å². The summed E-state index contributed by atoms with van der Waals surface area (Å²) >= 11 is 0. The van der Waals surface area contributed by atoms with Gasteiger partial charge in [-0.15, -0.1) is 0 Å². The molecule has 2 unspecified atom stereocenters. The van der Waals surface area contributed by atoms with Gasteiger partial charge in [0.1, 0.15) is 24.4 Å². The molecule has 1 aromatic heterocycles. The van der Waals surface area contributed by atoms with Gasteiger partial charge in [-0.25, -0.2) is 9.59 Å². The number of aliphatic hydroxyl groups is 3. The smallest absolute Gasteiger partial charge is 0.335 e. The number of H-pyrrole nitrogens is 1. The average molecular weight is 403 g/mol. The number of nitrogens with one attached hydrogen (secondary N) is 1. The molecule has 1 fully saturated rings. The number of ether oxygens (including phenoxy) is 3. The number of aliphatic hydroxyl groups excluding tert-OH is 3. The van der Waals surface area contributed by atoms with Gasteiger partial charge in [-0.3, -0.25) is 14.3 Å². The highest BCUT2D eigenvalue weighted by atomic mass is 16.7. The molecule has 0 aliphatic carbocycles. The van der Waals surface area contributed by atoms with Crippen molar-refractivity contribution in [3.05, 3.63) is 44.8 Å². The predicted octanol–water partition coefficient (Wildman–Crippen LogP) is -2.79. The molecule has 1 aromatic rings. The fourth-order valence-electron chi connectivity index (χ4n) is 2.80. The minimum absolute atomic E-state index is 0.311. The lowest BCUT2D eigenvalue weighted by molar-refractivity contribution is -0.297. The zero-order valence-electron chi connectivity index (χ0n) is 17.2. The number of carboxylic acids is 1. The fourth-order valence-corrected chi connectivity index (χ4v) is 2.80. The second-order valence-electron chi connectivity index (χ2n) is 6.23. The van der Waals surface area contributed by atoms with Crippen LogP contribution in [0.3, 0.4) is 0 Å². The zero-order valence-corrected chi connectivity index (χ0v) is 14.2. The van der Waals surface area contributed by atoms with Crippen molar-refractivity contribution >= 4 is 5.97 Å². The van der Waals surface area contributed by atoms with Crippen LogP contribution in [0.5, 0.6) is 0 Å². The van der Waals surface area contributed by atoms with E-state index in [2.05, 4.69) is 0 Å². The lowest BCUT2D eigenvalue weighted by Gasteiger charge is -2.38. The third-order valence-electron chi connectivity index (χ3n) is 4.28. The Hall–Kier alpha value is -2.35. The monoisotopic (exact) mass is 403 g/mol. The van der Waals surface area contributed by atoms with E-state index >= 15 is 0 Å². The minimum Gasteiger partial charge on any atom is -0.479 e.